The van der Waals surface area contributed by atoms with E-state index in [1.54, 1.807) is 7.11 Å². The molecule has 21 heavy (non-hydrogen) atoms. The van der Waals surface area contributed by atoms with Gasteiger partial charge in [-0.05, 0) is 25.7 Å². The molecule has 0 aliphatic rings. The lowest BCUT2D eigenvalue weighted by atomic mass is 10.0. The van der Waals surface area contributed by atoms with Crippen molar-refractivity contribution in [2.24, 2.45) is 0 Å². The molecule has 0 aromatic carbocycles. The van der Waals surface area contributed by atoms with Gasteiger partial charge in [-0.2, -0.15) is 5.10 Å². The Kier molecular flexibility index (Phi) is 8.57. The van der Waals surface area contributed by atoms with Gasteiger partial charge >= 0.3 is 0 Å². The van der Waals surface area contributed by atoms with E-state index < -0.39 is 6.10 Å². The average molecular weight is 298 g/mol. The summed E-state index contributed by atoms with van der Waals surface area (Å²) in [6.45, 7) is 9.02. The van der Waals surface area contributed by atoms with Crippen molar-refractivity contribution >= 4 is 0 Å². The van der Waals surface area contributed by atoms with Crippen LogP contribution < -0.4 is 0 Å². The number of aryl methyl sites for hydroxylation is 2. The summed E-state index contributed by atoms with van der Waals surface area (Å²) in [4.78, 5) is 0. The molecule has 1 unspecified atom stereocenters. The molecule has 1 rings (SSSR count). The van der Waals surface area contributed by atoms with E-state index in [0.29, 0.717) is 19.8 Å². The number of rotatable bonds is 11. The van der Waals surface area contributed by atoms with Crippen molar-refractivity contribution < 1.29 is 14.6 Å². The zero-order valence-corrected chi connectivity index (χ0v) is 13.9. The first-order valence-electron chi connectivity index (χ1n) is 8.02. The number of aliphatic hydroxyl groups is 1. The molecule has 0 spiro atoms. The summed E-state index contributed by atoms with van der Waals surface area (Å²) in [5.74, 6) is 0. The smallest absolute Gasteiger partial charge is 0.0823 e. The molecule has 1 aromatic rings. The zero-order chi connectivity index (χ0) is 15.7. The Morgan fingerprint density at radius 2 is 1.90 bits per heavy atom. The fraction of sp³-hybridized carbons (Fsp3) is 0.812. The Morgan fingerprint density at radius 3 is 2.48 bits per heavy atom. The Hall–Kier alpha value is -0.910. The third-order valence-electron chi connectivity index (χ3n) is 3.65. The summed E-state index contributed by atoms with van der Waals surface area (Å²) < 4.78 is 12.5. The summed E-state index contributed by atoms with van der Waals surface area (Å²) in [7, 11) is 1.67. The van der Waals surface area contributed by atoms with Crippen LogP contribution in [-0.2, 0) is 28.9 Å². The van der Waals surface area contributed by atoms with Crippen LogP contribution in [0.2, 0.25) is 0 Å². The predicted molar refractivity (Wildman–Crippen MR) is 83.5 cm³/mol. The first kappa shape index (κ1) is 18.1. The quantitative estimate of drug-likeness (QED) is 0.638. The maximum absolute atomic E-state index is 10.2. The lowest BCUT2D eigenvalue weighted by molar-refractivity contribution is 0.0676. The van der Waals surface area contributed by atoms with E-state index in [1.165, 1.54) is 0 Å². The lowest BCUT2D eigenvalue weighted by Crippen LogP contribution is -2.10. The van der Waals surface area contributed by atoms with Crippen molar-refractivity contribution in [2.45, 2.75) is 59.1 Å². The molecule has 1 atom stereocenters. The third-order valence-corrected chi connectivity index (χ3v) is 3.65. The molecule has 1 N–H and O–H groups in total. The molecule has 1 aromatic heterocycles. The molecule has 0 fully saturated rings. The van der Waals surface area contributed by atoms with Gasteiger partial charge in [-0.1, -0.05) is 20.8 Å². The molecule has 5 nitrogen and oxygen atoms in total. The van der Waals surface area contributed by atoms with Crippen LogP contribution in [0.3, 0.4) is 0 Å². The molecule has 1 heterocycles. The maximum Gasteiger partial charge on any atom is 0.0823 e. The Labute approximate surface area is 128 Å². The van der Waals surface area contributed by atoms with Crippen LogP contribution in [0.4, 0.5) is 0 Å². The van der Waals surface area contributed by atoms with E-state index in [-0.39, 0.29) is 0 Å². The van der Waals surface area contributed by atoms with Crippen molar-refractivity contribution in [3.8, 4) is 0 Å². The summed E-state index contributed by atoms with van der Waals surface area (Å²) in [6, 6.07) is 0. The molecule has 0 aliphatic carbocycles. The average Bonchev–Trinajstić information content (AvgIpc) is 2.87. The lowest BCUT2D eigenvalue weighted by Gasteiger charge is -2.12. The molecule has 5 heteroatoms. The summed E-state index contributed by atoms with van der Waals surface area (Å²) in [5.41, 5.74) is 3.24. The fourth-order valence-corrected chi connectivity index (χ4v) is 2.53. The molecule has 122 valence electrons. The minimum Gasteiger partial charge on any atom is -0.388 e. The zero-order valence-electron chi connectivity index (χ0n) is 13.9. The predicted octanol–water partition coefficient (Wildman–Crippen LogP) is 2.50. The van der Waals surface area contributed by atoms with Crippen molar-refractivity contribution in [1.82, 2.24) is 9.78 Å². The molecular weight excluding hydrogens is 268 g/mol. The molecule has 0 saturated heterocycles. The van der Waals surface area contributed by atoms with E-state index in [1.807, 2.05) is 11.6 Å². The Balaban J connectivity index is 2.67. The highest BCUT2D eigenvalue weighted by molar-refractivity contribution is 5.29. The number of aliphatic hydroxyl groups excluding tert-OH is 1. The molecule has 0 aliphatic heterocycles. The van der Waals surface area contributed by atoms with Crippen LogP contribution in [0.1, 0.15) is 56.7 Å². The number of hydrogen-bond donors (Lipinski definition) is 1. The highest BCUT2D eigenvalue weighted by Crippen LogP contribution is 2.26. The Bertz CT molecular complexity index is 404. The highest BCUT2D eigenvalue weighted by Gasteiger charge is 2.20. The van der Waals surface area contributed by atoms with Gasteiger partial charge in [0.1, 0.15) is 0 Å². The maximum atomic E-state index is 10.2. The standard InChI is InChI=1S/C16H30N2O3/c1-5-13-16(15(19)7-3)14(6-2)18(17-13)9-8-10-21-12-11-20-4/h15,19H,5-12H2,1-4H3. The minimum atomic E-state index is -0.401. The molecule has 0 saturated carbocycles. The van der Waals surface area contributed by atoms with Gasteiger partial charge in [0.15, 0.2) is 0 Å². The molecule has 0 radical (unpaired) electrons. The second-order valence-electron chi connectivity index (χ2n) is 5.12. The normalized spacial score (nSPS) is 12.8. The summed E-state index contributed by atoms with van der Waals surface area (Å²) >= 11 is 0. The number of hydrogen-bond acceptors (Lipinski definition) is 4. The van der Waals surface area contributed by atoms with Crippen LogP contribution in [0.25, 0.3) is 0 Å². The molecule has 0 amide bonds. The second-order valence-corrected chi connectivity index (χ2v) is 5.12. The SMILES string of the molecule is CCc1nn(CCCOCCOC)c(CC)c1C(O)CC. The monoisotopic (exact) mass is 298 g/mol. The van der Waals surface area contributed by atoms with Crippen molar-refractivity contribution in [2.75, 3.05) is 26.9 Å². The van der Waals surface area contributed by atoms with Crippen LogP contribution in [0.5, 0.6) is 0 Å². The van der Waals surface area contributed by atoms with E-state index >= 15 is 0 Å². The first-order valence-corrected chi connectivity index (χ1v) is 8.02. The van der Waals surface area contributed by atoms with Crippen LogP contribution in [0, 0.1) is 0 Å². The van der Waals surface area contributed by atoms with E-state index in [9.17, 15) is 5.11 Å². The van der Waals surface area contributed by atoms with Crippen molar-refractivity contribution in [1.29, 1.82) is 0 Å². The summed E-state index contributed by atoms with van der Waals surface area (Å²) in [5, 5.41) is 14.9. The van der Waals surface area contributed by atoms with Gasteiger partial charge in [0, 0.05) is 31.5 Å². The van der Waals surface area contributed by atoms with E-state index in [0.717, 1.165) is 49.2 Å². The van der Waals surface area contributed by atoms with Gasteiger partial charge in [0.25, 0.3) is 0 Å². The number of ether oxygens (including phenoxy) is 2. The number of nitrogens with zero attached hydrogens (tertiary/aromatic N) is 2. The van der Waals surface area contributed by atoms with Gasteiger partial charge in [0.2, 0.25) is 0 Å². The number of methoxy groups -OCH3 is 1. The van der Waals surface area contributed by atoms with Crippen LogP contribution in [-0.4, -0.2) is 41.8 Å². The van der Waals surface area contributed by atoms with Gasteiger partial charge in [-0.3, -0.25) is 4.68 Å². The van der Waals surface area contributed by atoms with E-state index in [4.69, 9.17) is 9.47 Å². The van der Waals surface area contributed by atoms with Crippen molar-refractivity contribution in [3.63, 3.8) is 0 Å². The van der Waals surface area contributed by atoms with Gasteiger partial charge in [-0.15, -0.1) is 0 Å². The van der Waals surface area contributed by atoms with Gasteiger partial charge in [-0.25, -0.2) is 0 Å². The first-order chi connectivity index (χ1) is 10.2. The topological polar surface area (TPSA) is 56.5 Å². The largest absolute Gasteiger partial charge is 0.388 e. The van der Waals surface area contributed by atoms with Crippen LogP contribution in [0.15, 0.2) is 0 Å². The van der Waals surface area contributed by atoms with Crippen molar-refractivity contribution in [3.05, 3.63) is 17.0 Å². The fourth-order valence-electron chi connectivity index (χ4n) is 2.53. The second kappa shape index (κ2) is 9.92. The third kappa shape index (κ3) is 5.09. The van der Waals surface area contributed by atoms with Crippen LogP contribution >= 0.6 is 0 Å². The van der Waals surface area contributed by atoms with E-state index in [2.05, 4.69) is 18.9 Å². The molecular formula is C16H30N2O3. The summed E-state index contributed by atoms with van der Waals surface area (Å²) in [6.07, 6.45) is 3.00. The highest BCUT2D eigenvalue weighted by atomic mass is 16.5. The molecule has 0 bridgehead atoms. The van der Waals surface area contributed by atoms with Gasteiger partial charge < -0.3 is 14.6 Å². The minimum absolute atomic E-state index is 0.401. The Morgan fingerprint density at radius 1 is 1.14 bits per heavy atom. The van der Waals surface area contributed by atoms with Gasteiger partial charge in [0.05, 0.1) is 25.0 Å². The number of aromatic nitrogens is 2.